The first-order valence-corrected chi connectivity index (χ1v) is 14.1. The highest BCUT2D eigenvalue weighted by atomic mass is 32.2. The molecule has 1 unspecified atom stereocenters. The summed E-state index contributed by atoms with van der Waals surface area (Å²) in [6.45, 7) is 7.43. The smallest absolute Gasteiger partial charge is 0.369 e. The Hall–Kier alpha value is -2.74. The number of aliphatic hydroxyl groups is 1. The zero-order valence-corrected chi connectivity index (χ0v) is 24.3. The number of piperazine rings is 2. The quantitative estimate of drug-likeness (QED) is 0.208. The Balaban J connectivity index is 0.000000369. The van der Waals surface area contributed by atoms with Gasteiger partial charge in [0.2, 0.25) is 11.9 Å². The lowest BCUT2D eigenvalue weighted by molar-refractivity contribution is -0.380. The van der Waals surface area contributed by atoms with Crippen molar-refractivity contribution >= 4 is 40.1 Å². The summed E-state index contributed by atoms with van der Waals surface area (Å²) in [5.74, 6) is 0.501. The summed E-state index contributed by atoms with van der Waals surface area (Å²) >= 11 is 2.32. The minimum Gasteiger partial charge on any atom is -0.369 e. The van der Waals surface area contributed by atoms with Crippen LogP contribution in [-0.4, -0.2) is 99.8 Å². The molecule has 2 N–H and O–H groups in total. The van der Waals surface area contributed by atoms with E-state index >= 15 is 0 Å². The lowest BCUT2D eigenvalue weighted by Gasteiger charge is -2.34. The molecule has 4 rings (SSSR count). The molecule has 2 aliphatic heterocycles. The molecule has 2 saturated heterocycles. The Labute approximate surface area is 245 Å². The molecule has 2 aromatic rings. The van der Waals surface area contributed by atoms with Gasteiger partial charge in [-0.3, -0.25) is 19.8 Å². The number of carbonyl (C=O) groups excluding carboxylic acids is 1. The van der Waals surface area contributed by atoms with Crippen molar-refractivity contribution in [1.82, 2.24) is 24.5 Å². The Kier molecular flexibility index (Phi) is 10.7. The molecule has 42 heavy (non-hydrogen) atoms. The number of hydrogen-bond acceptors (Lipinski definition) is 11. The number of halogens is 6. The molecule has 0 bridgehead atoms. The van der Waals surface area contributed by atoms with Gasteiger partial charge in [0, 0.05) is 63.3 Å². The number of nitrogens with one attached hydrogen (secondary N) is 1. The van der Waals surface area contributed by atoms with Gasteiger partial charge in [-0.25, -0.2) is 14.3 Å². The van der Waals surface area contributed by atoms with E-state index in [1.54, 1.807) is 11.0 Å². The number of thiophene rings is 1. The van der Waals surface area contributed by atoms with Gasteiger partial charge in [0.1, 0.15) is 0 Å². The third kappa shape index (κ3) is 7.61. The van der Waals surface area contributed by atoms with Gasteiger partial charge >= 0.3 is 17.4 Å². The van der Waals surface area contributed by atoms with Crippen LogP contribution in [0.2, 0.25) is 0 Å². The lowest BCUT2D eigenvalue weighted by atomic mass is 9.95. The molecule has 0 saturated carbocycles. The molecule has 1 atom stereocenters. The minimum absolute atomic E-state index is 0.00676. The average Bonchev–Trinajstić information content (AvgIpc) is 3.36. The zero-order valence-electron chi connectivity index (χ0n) is 22.6. The summed E-state index contributed by atoms with van der Waals surface area (Å²) < 4.78 is 80.2. The molecule has 1 amide bonds. The van der Waals surface area contributed by atoms with Crippen LogP contribution in [0.1, 0.15) is 19.4 Å². The van der Waals surface area contributed by atoms with Crippen molar-refractivity contribution in [1.29, 1.82) is 0 Å². The molecule has 2 aromatic heterocycles. The van der Waals surface area contributed by atoms with Crippen LogP contribution in [0.25, 0.3) is 0 Å². The molecule has 0 radical (unpaired) electrons. The van der Waals surface area contributed by atoms with Crippen LogP contribution in [-0.2, 0) is 10.4 Å². The van der Waals surface area contributed by atoms with Gasteiger partial charge < -0.3 is 15.3 Å². The molecular formula is C23H29F6N7O4S2. The standard InChI is InChI=1S/C15H13F6N5O3S2.C8H16N2O/c16-14(17,18)13(27,15(19,20)21)9-7-22-12(23-8-9)24-3-5-25(6-4-24)31-11-2-1-10(30-11)26(28)29;1-6(2)7-8(11)9-4-5-10(7)3/h1-2,7-8,27H,3-6H2;6-7H,4-5H2,1-3H3,(H,9,11). The number of amides is 1. The molecule has 19 heteroatoms. The fraction of sp³-hybridized carbons (Fsp3) is 0.609. The highest BCUT2D eigenvalue weighted by Crippen LogP contribution is 2.49. The van der Waals surface area contributed by atoms with Crippen molar-refractivity contribution < 1.29 is 41.2 Å². The monoisotopic (exact) mass is 645 g/mol. The summed E-state index contributed by atoms with van der Waals surface area (Å²) in [4.78, 5) is 32.4. The van der Waals surface area contributed by atoms with Crippen molar-refractivity contribution in [3.63, 3.8) is 0 Å². The van der Waals surface area contributed by atoms with Gasteiger partial charge in [0.25, 0.3) is 5.60 Å². The highest BCUT2D eigenvalue weighted by Gasteiger charge is 2.71. The number of nitro groups is 1. The second kappa shape index (κ2) is 13.3. The fourth-order valence-corrected chi connectivity index (χ4v) is 6.34. The van der Waals surface area contributed by atoms with Gasteiger partial charge in [-0.05, 0) is 31.0 Å². The summed E-state index contributed by atoms with van der Waals surface area (Å²) in [5.41, 5.74) is -6.60. The molecule has 234 valence electrons. The Morgan fingerprint density at radius 1 is 1.07 bits per heavy atom. The first-order valence-electron chi connectivity index (χ1n) is 12.5. The van der Waals surface area contributed by atoms with E-state index in [-0.39, 0.29) is 22.9 Å². The van der Waals surface area contributed by atoms with Gasteiger partial charge in [-0.2, -0.15) is 26.3 Å². The number of nitrogens with zero attached hydrogens (tertiary/aromatic N) is 6. The van der Waals surface area contributed by atoms with E-state index in [1.807, 2.05) is 11.4 Å². The summed E-state index contributed by atoms with van der Waals surface area (Å²) in [5, 5.41) is 23.0. The van der Waals surface area contributed by atoms with Crippen LogP contribution in [0.15, 0.2) is 28.7 Å². The van der Waals surface area contributed by atoms with Crippen molar-refractivity contribution in [3.05, 3.63) is 40.2 Å². The maximum absolute atomic E-state index is 12.9. The highest BCUT2D eigenvalue weighted by molar-refractivity contribution is 7.99. The molecule has 2 aliphatic rings. The van der Waals surface area contributed by atoms with Gasteiger partial charge in [-0.1, -0.05) is 25.2 Å². The van der Waals surface area contributed by atoms with E-state index in [9.17, 15) is 46.4 Å². The first-order chi connectivity index (χ1) is 19.5. The first kappa shape index (κ1) is 33.8. The molecule has 0 spiro atoms. The molecule has 4 heterocycles. The van der Waals surface area contributed by atoms with Gasteiger partial charge in [0.05, 0.1) is 15.2 Å². The van der Waals surface area contributed by atoms with Crippen molar-refractivity contribution in [2.45, 2.75) is 42.1 Å². The van der Waals surface area contributed by atoms with Crippen LogP contribution in [0, 0.1) is 16.0 Å². The van der Waals surface area contributed by atoms with Crippen molar-refractivity contribution in [3.8, 4) is 0 Å². The van der Waals surface area contributed by atoms with Gasteiger partial charge in [0.15, 0.2) is 0 Å². The van der Waals surface area contributed by atoms with E-state index in [0.717, 1.165) is 24.4 Å². The number of alkyl halides is 6. The maximum atomic E-state index is 12.9. The Morgan fingerprint density at radius 2 is 1.64 bits per heavy atom. The van der Waals surface area contributed by atoms with Crippen LogP contribution in [0.4, 0.5) is 37.3 Å². The normalized spacial score (nSPS) is 19.4. The fourth-order valence-electron chi connectivity index (χ4n) is 4.33. The third-order valence-electron chi connectivity index (χ3n) is 6.50. The SMILES string of the molecule is CC(C)C1C(=O)NCCN1C.O=[N+]([O-])c1ccc(SN2CCN(c3ncc(C(O)(C(F)(F)F)C(F)(F)F)cn3)CC2)s1. The van der Waals surface area contributed by atoms with E-state index in [0.29, 0.717) is 48.7 Å². The molecule has 2 fully saturated rings. The zero-order chi connectivity index (χ0) is 31.5. The number of hydrogen-bond donors (Lipinski definition) is 2. The van der Waals surface area contributed by atoms with Crippen LogP contribution < -0.4 is 10.2 Å². The van der Waals surface area contributed by atoms with E-state index < -0.39 is 28.4 Å². The maximum Gasteiger partial charge on any atom is 0.430 e. The van der Waals surface area contributed by atoms with E-state index in [1.165, 1.54) is 18.0 Å². The predicted molar refractivity (Wildman–Crippen MR) is 143 cm³/mol. The largest absolute Gasteiger partial charge is 0.430 e. The number of anilines is 1. The lowest BCUT2D eigenvalue weighted by Crippen LogP contribution is -2.55. The molecule has 11 nitrogen and oxygen atoms in total. The topological polar surface area (TPSA) is 128 Å². The Bertz CT molecular complexity index is 1210. The second-order valence-corrected chi connectivity index (χ2v) is 12.3. The predicted octanol–water partition coefficient (Wildman–Crippen LogP) is 3.66. The minimum atomic E-state index is -6.00. The van der Waals surface area contributed by atoms with E-state index in [2.05, 4.69) is 34.0 Å². The summed E-state index contributed by atoms with van der Waals surface area (Å²) in [6, 6.07) is 3.08. The van der Waals surface area contributed by atoms with Crippen molar-refractivity contribution in [2.75, 3.05) is 51.2 Å². The van der Waals surface area contributed by atoms with E-state index in [4.69, 9.17) is 0 Å². The van der Waals surface area contributed by atoms with Crippen molar-refractivity contribution in [2.24, 2.45) is 5.92 Å². The Morgan fingerprint density at radius 3 is 2.07 bits per heavy atom. The van der Waals surface area contributed by atoms with Gasteiger partial charge in [-0.15, -0.1) is 0 Å². The second-order valence-electron chi connectivity index (χ2n) is 9.80. The summed E-state index contributed by atoms with van der Waals surface area (Å²) in [6.07, 6.45) is -11.4. The van der Waals surface area contributed by atoms with Crippen LogP contribution in [0.5, 0.6) is 0 Å². The average molecular weight is 646 g/mol. The van der Waals surface area contributed by atoms with Crippen LogP contribution in [0.3, 0.4) is 0 Å². The molecular weight excluding hydrogens is 616 g/mol. The number of rotatable bonds is 6. The third-order valence-corrected chi connectivity index (χ3v) is 8.75. The number of likely N-dealkylation sites (N-methyl/N-ethyl adjacent to an activating group) is 1. The number of aromatic nitrogens is 2. The molecule has 0 aliphatic carbocycles. The summed E-state index contributed by atoms with van der Waals surface area (Å²) in [7, 11) is 2.00. The molecule has 0 aromatic carbocycles. The number of carbonyl (C=O) groups is 1. The van der Waals surface area contributed by atoms with Crippen LogP contribution >= 0.6 is 23.3 Å².